The van der Waals surface area contributed by atoms with E-state index in [0.29, 0.717) is 0 Å². The van der Waals surface area contributed by atoms with Crippen molar-refractivity contribution in [2.75, 3.05) is 7.11 Å². The van der Waals surface area contributed by atoms with Gasteiger partial charge in [0.25, 0.3) is 0 Å². The number of carbonyl (C=O) groups is 1. The minimum Gasteiger partial charge on any atom is -0.469 e. The smallest absolute Gasteiger partial charge is 0.311 e. The van der Waals surface area contributed by atoms with Gasteiger partial charge in [-0.1, -0.05) is 0 Å². The molecule has 0 radical (unpaired) electrons. The third kappa shape index (κ3) is 0.671. The molecule has 0 unspecified atom stereocenters. The van der Waals surface area contributed by atoms with Crippen molar-refractivity contribution in [3.8, 4) is 0 Å². The molecule has 3 fully saturated rings. The van der Waals surface area contributed by atoms with Gasteiger partial charge in [-0.3, -0.25) is 4.79 Å². The van der Waals surface area contributed by atoms with Crippen LogP contribution in [-0.4, -0.2) is 37.5 Å². The van der Waals surface area contributed by atoms with Crippen LogP contribution in [0.15, 0.2) is 0 Å². The molecule has 0 amide bonds. The van der Waals surface area contributed by atoms with E-state index in [1.165, 1.54) is 7.11 Å². The lowest BCUT2D eigenvalue weighted by atomic mass is 9.89. The number of fused-ring (bicyclic) bond motifs is 5. The lowest BCUT2D eigenvalue weighted by Crippen LogP contribution is -2.31. The first kappa shape index (κ1) is 6.86. The summed E-state index contributed by atoms with van der Waals surface area (Å²) in [5, 5.41) is 0. The summed E-state index contributed by atoms with van der Waals surface area (Å²) in [5.74, 6) is -0.236. The molecule has 66 valence electrons. The topological polar surface area (TPSA) is 48.1 Å². The maximum Gasteiger partial charge on any atom is 0.311 e. The number of hydrogen-bond donors (Lipinski definition) is 0. The Kier molecular flexibility index (Phi) is 1.14. The molecule has 0 N–H and O–H groups in total. The van der Waals surface area contributed by atoms with Crippen molar-refractivity contribution < 1.29 is 19.0 Å². The number of carbonyl (C=O) groups excluding carboxylic acids is 1. The van der Waals surface area contributed by atoms with Crippen molar-refractivity contribution in [2.24, 2.45) is 5.92 Å². The van der Waals surface area contributed by atoms with E-state index >= 15 is 0 Å². The average Bonchev–Trinajstić information content (AvgIpc) is 2.71. The first-order valence-electron chi connectivity index (χ1n) is 4.20. The summed E-state index contributed by atoms with van der Waals surface area (Å²) >= 11 is 0. The number of methoxy groups -OCH3 is 1. The zero-order chi connectivity index (χ0) is 8.29. The van der Waals surface area contributed by atoms with Crippen LogP contribution in [-0.2, 0) is 19.0 Å². The van der Waals surface area contributed by atoms with Gasteiger partial charge in [-0.15, -0.1) is 0 Å². The maximum absolute atomic E-state index is 11.2. The van der Waals surface area contributed by atoms with Crippen LogP contribution in [0.2, 0.25) is 0 Å². The molecule has 3 rings (SSSR count). The van der Waals surface area contributed by atoms with Gasteiger partial charge in [0.1, 0.15) is 18.3 Å². The molecule has 0 saturated carbocycles. The molecule has 3 aliphatic heterocycles. The molecule has 0 spiro atoms. The Balaban J connectivity index is 1.80. The third-order valence-corrected chi connectivity index (χ3v) is 2.97. The first-order valence-corrected chi connectivity index (χ1v) is 4.20. The largest absolute Gasteiger partial charge is 0.469 e. The molecule has 4 heteroatoms. The standard InChI is InChI=1S/C8H10O4/c1-10-8(9)3-2-4-6-7(12-6)5(3)11-4/h3-7H,2H2,1H3/t3-,4-,5+,6-,7+/m0/s1. The van der Waals surface area contributed by atoms with E-state index in [1.807, 2.05) is 0 Å². The highest BCUT2D eigenvalue weighted by Crippen LogP contribution is 2.51. The van der Waals surface area contributed by atoms with Gasteiger partial charge in [0, 0.05) is 0 Å². The van der Waals surface area contributed by atoms with Crippen LogP contribution >= 0.6 is 0 Å². The van der Waals surface area contributed by atoms with Crippen LogP contribution in [0, 0.1) is 5.92 Å². The summed E-state index contributed by atoms with van der Waals surface area (Å²) in [6.45, 7) is 0. The van der Waals surface area contributed by atoms with Crippen LogP contribution < -0.4 is 0 Å². The predicted octanol–water partition coefficient (Wildman–Crippen LogP) is -0.286. The van der Waals surface area contributed by atoms with Gasteiger partial charge < -0.3 is 14.2 Å². The SMILES string of the molecule is COC(=O)[C@H]1C[C@@H]2O[C@H]1[C@H]1O[C@H]12. The van der Waals surface area contributed by atoms with Gasteiger partial charge in [-0.2, -0.15) is 0 Å². The fourth-order valence-corrected chi connectivity index (χ4v) is 2.34. The van der Waals surface area contributed by atoms with Crippen molar-refractivity contribution in [3.63, 3.8) is 0 Å². The van der Waals surface area contributed by atoms with E-state index in [9.17, 15) is 4.79 Å². The van der Waals surface area contributed by atoms with Crippen molar-refractivity contribution >= 4 is 5.97 Å². The molecule has 0 aromatic carbocycles. The summed E-state index contributed by atoms with van der Waals surface area (Å²) < 4.78 is 15.6. The molecule has 0 aromatic heterocycles. The van der Waals surface area contributed by atoms with Gasteiger partial charge in [0.2, 0.25) is 0 Å². The van der Waals surface area contributed by atoms with Gasteiger partial charge >= 0.3 is 5.97 Å². The number of esters is 1. The van der Waals surface area contributed by atoms with E-state index in [4.69, 9.17) is 9.47 Å². The average molecular weight is 170 g/mol. The minimum atomic E-state index is -0.156. The van der Waals surface area contributed by atoms with E-state index in [0.717, 1.165) is 6.42 Å². The van der Waals surface area contributed by atoms with Gasteiger partial charge in [0.15, 0.2) is 0 Å². The zero-order valence-electron chi connectivity index (χ0n) is 6.73. The van der Waals surface area contributed by atoms with Crippen LogP contribution in [0.4, 0.5) is 0 Å². The number of ether oxygens (including phenoxy) is 3. The predicted molar refractivity (Wildman–Crippen MR) is 37.4 cm³/mol. The highest BCUT2D eigenvalue weighted by atomic mass is 16.7. The second-order valence-electron chi connectivity index (χ2n) is 3.57. The van der Waals surface area contributed by atoms with Crippen LogP contribution in [0.3, 0.4) is 0 Å². The molecule has 0 aromatic rings. The lowest BCUT2D eigenvalue weighted by molar-refractivity contribution is -0.147. The van der Waals surface area contributed by atoms with Crippen LogP contribution in [0.25, 0.3) is 0 Å². The van der Waals surface area contributed by atoms with Crippen molar-refractivity contribution in [2.45, 2.75) is 30.8 Å². The summed E-state index contributed by atoms with van der Waals surface area (Å²) in [6.07, 6.45) is 1.39. The number of hydrogen-bond acceptors (Lipinski definition) is 4. The third-order valence-electron chi connectivity index (χ3n) is 2.97. The number of rotatable bonds is 1. The molecule has 4 nitrogen and oxygen atoms in total. The Morgan fingerprint density at radius 3 is 2.75 bits per heavy atom. The normalized spacial score (nSPS) is 53.6. The quantitative estimate of drug-likeness (QED) is 0.401. The second-order valence-corrected chi connectivity index (χ2v) is 3.57. The molecular weight excluding hydrogens is 160 g/mol. The highest BCUT2D eigenvalue weighted by molar-refractivity contribution is 5.74. The van der Waals surface area contributed by atoms with Crippen LogP contribution in [0.5, 0.6) is 0 Å². The number of epoxide rings is 1. The van der Waals surface area contributed by atoms with Crippen LogP contribution in [0.1, 0.15) is 6.42 Å². The monoisotopic (exact) mass is 170 g/mol. The fourth-order valence-electron chi connectivity index (χ4n) is 2.34. The van der Waals surface area contributed by atoms with E-state index in [2.05, 4.69) is 4.74 Å². The molecule has 3 heterocycles. The highest BCUT2D eigenvalue weighted by Gasteiger charge is 2.66. The zero-order valence-corrected chi connectivity index (χ0v) is 6.73. The molecule has 2 bridgehead atoms. The Bertz CT molecular complexity index is 239. The summed E-state index contributed by atoms with van der Waals surface area (Å²) in [5.41, 5.74) is 0. The Morgan fingerprint density at radius 2 is 2.17 bits per heavy atom. The summed E-state index contributed by atoms with van der Waals surface area (Å²) in [7, 11) is 1.42. The van der Waals surface area contributed by atoms with E-state index in [-0.39, 0.29) is 36.3 Å². The molecule has 3 aliphatic rings. The Morgan fingerprint density at radius 1 is 1.33 bits per heavy atom. The van der Waals surface area contributed by atoms with Gasteiger partial charge in [0.05, 0.1) is 19.1 Å². The van der Waals surface area contributed by atoms with Gasteiger partial charge in [-0.05, 0) is 6.42 Å². The molecule has 5 atom stereocenters. The molecule has 12 heavy (non-hydrogen) atoms. The van der Waals surface area contributed by atoms with Gasteiger partial charge in [-0.25, -0.2) is 0 Å². The molecule has 3 saturated heterocycles. The van der Waals surface area contributed by atoms with Crippen molar-refractivity contribution in [1.82, 2.24) is 0 Å². The minimum absolute atomic E-state index is 0.0209. The summed E-state index contributed by atoms with van der Waals surface area (Å²) in [4.78, 5) is 11.2. The van der Waals surface area contributed by atoms with E-state index < -0.39 is 0 Å². The fraction of sp³-hybridized carbons (Fsp3) is 0.875. The van der Waals surface area contributed by atoms with E-state index in [1.54, 1.807) is 0 Å². The second kappa shape index (κ2) is 2.00. The first-order chi connectivity index (χ1) is 5.81. The molecular formula is C8H10O4. The van der Waals surface area contributed by atoms with Crippen molar-refractivity contribution in [3.05, 3.63) is 0 Å². The Hall–Kier alpha value is -0.610. The summed E-state index contributed by atoms with van der Waals surface area (Å²) in [6, 6.07) is 0. The lowest BCUT2D eigenvalue weighted by Gasteiger charge is -2.13. The molecule has 0 aliphatic carbocycles. The maximum atomic E-state index is 11.2. The van der Waals surface area contributed by atoms with Crippen molar-refractivity contribution in [1.29, 1.82) is 0 Å². The Labute approximate surface area is 69.8 Å².